The van der Waals surface area contributed by atoms with Crippen LogP contribution >= 0.6 is 0 Å². The van der Waals surface area contributed by atoms with Crippen LogP contribution in [0.15, 0.2) is 54.6 Å². The molecule has 0 saturated carbocycles. The molecule has 0 amide bonds. The van der Waals surface area contributed by atoms with Crippen LogP contribution in [0.2, 0.25) is 0 Å². The molecule has 0 radical (unpaired) electrons. The Hall–Kier alpha value is -2.29. The fraction of sp³-hybridized carbons (Fsp3) is 0.278. The van der Waals surface area contributed by atoms with E-state index in [1.807, 2.05) is 61.5 Å². The molecule has 0 aromatic heterocycles. The first-order valence-corrected chi connectivity index (χ1v) is 7.25. The Morgan fingerprint density at radius 3 is 2.24 bits per heavy atom. The van der Waals surface area contributed by atoms with E-state index in [0.29, 0.717) is 12.2 Å². The van der Waals surface area contributed by atoms with Crippen molar-refractivity contribution in [2.45, 2.75) is 32.3 Å². The Bertz CT molecular complexity index is 561. The highest BCUT2D eigenvalue weighted by Crippen LogP contribution is 2.23. The molecular formula is C18H20O3. The van der Waals surface area contributed by atoms with Crippen LogP contribution in [0.5, 0.6) is 5.75 Å². The number of carboxylic acid groups (broad SMARTS) is 1. The van der Waals surface area contributed by atoms with Gasteiger partial charge in [0, 0.05) is 0 Å². The monoisotopic (exact) mass is 284 g/mol. The molecule has 3 heteroatoms. The van der Waals surface area contributed by atoms with Crippen LogP contribution in [0.25, 0.3) is 11.1 Å². The van der Waals surface area contributed by atoms with Crippen molar-refractivity contribution in [3.8, 4) is 16.9 Å². The van der Waals surface area contributed by atoms with E-state index in [1.54, 1.807) is 0 Å². The lowest BCUT2D eigenvalue weighted by Gasteiger charge is -2.15. The van der Waals surface area contributed by atoms with Crippen molar-refractivity contribution >= 4 is 5.97 Å². The minimum atomic E-state index is -0.907. The standard InChI is InChI=1S/C18H20O3/c1-2-3-9-17(18(19)20)21-16-12-10-15(11-13-16)14-7-5-4-6-8-14/h4-8,10-13,17H,2-3,9H2,1H3,(H,19,20)/t17-/m1/s1. The van der Waals surface area contributed by atoms with Crippen molar-refractivity contribution in [2.24, 2.45) is 0 Å². The van der Waals surface area contributed by atoms with Gasteiger partial charge in [0.05, 0.1) is 0 Å². The molecule has 0 aliphatic carbocycles. The number of hydrogen-bond acceptors (Lipinski definition) is 2. The first-order chi connectivity index (χ1) is 10.2. The maximum atomic E-state index is 11.2. The first-order valence-electron chi connectivity index (χ1n) is 7.25. The van der Waals surface area contributed by atoms with E-state index in [2.05, 4.69) is 0 Å². The van der Waals surface area contributed by atoms with E-state index in [0.717, 1.165) is 24.0 Å². The first kappa shape index (κ1) is 15.1. The third kappa shape index (κ3) is 4.35. The molecule has 0 heterocycles. The van der Waals surface area contributed by atoms with Gasteiger partial charge in [-0.2, -0.15) is 0 Å². The van der Waals surface area contributed by atoms with Crippen LogP contribution in [-0.2, 0) is 4.79 Å². The van der Waals surface area contributed by atoms with Crippen molar-refractivity contribution in [2.75, 3.05) is 0 Å². The van der Waals surface area contributed by atoms with Gasteiger partial charge in [-0.1, -0.05) is 55.8 Å². The number of rotatable bonds is 7. The average Bonchev–Trinajstić information content (AvgIpc) is 2.52. The molecule has 1 N–H and O–H groups in total. The molecule has 2 aromatic rings. The van der Waals surface area contributed by atoms with Gasteiger partial charge in [0.15, 0.2) is 6.10 Å². The van der Waals surface area contributed by atoms with Gasteiger partial charge in [0.1, 0.15) is 5.75 Å². The van der Waals surface area contributed by atoms with Crippen LogP contribution in [0, 0.1) is 0 Å². The zero-order valence-electron chi connectivity index (χ0n) is 12.2. The third-order valence-electron chi connectivity index (χ3n) is 3.34. The van der Waals surface area contributed by atoms with E-state index >= 15 is 0 Å². The second kappa shape index (κ2) is 7.48. The molecule has 3 nitrogen and oxygen atoms in total. The summed E-state index contributed by atoms with van der Waals surface area (Å²) in [6.07, 6.45) is 1.57. The normalized spacial score (nSPS) is 11.9. The van der Waals surface area contributed by atoms with Gasteiger partial charge in [-0.3, -0.25) is 0 Å². The van der Waals surface area contributed by atoms with Crippen LogP contribution < -0.4 is 4.74 Å². The lowest BCUT2D eigenvalue weighted by molar-refractivity contribution is -0.145. The molecular weight excluding hydrogens is 264 g/mol. The smallest absolute Gasteiger partial charge is 0.344 e. The lowest BCUT2D eigenvalue weighted by Crippen LogP contribution is -2.26. The molecule has 2 aromatic carbocycles. The van der Waals surface area contributed by atoms with E-state index in [4.69, 9.17) is 9.84 Å². The number of hydrogen-bond donors (Lipinski definition) is 1. The van der Waals surface area contributed by atoms with Gasteiger partial charge in [0.25, 0.3) is 0 Å². The summed E-state index contributed by atoms with van der Waals surface area (Å²) >= 11 is 0. The van der Waals surface area contributed by atoms with Crippen LogP contribution in [0.3, 0.4) is 0 Å². The summed E-state index contributed by atoms with van der Waals surface area (Å²) in [6, 6.07) is 17.6. The minimum absolute atomic E-state index is 0.534. The Labute approximate surface area is 125 Å². The summed E-state index contributed by atoms with van der Waals surface area (Å²) in [5, 5.41) is 9.17. The molecule has 0 aliphatic rings. The molecule has 0 aliphatic heterocycles. The number of unbranched alkanes of at least 4 members (excludes halogenated alkanes) is 1. The number of ether oxygens (including phenoxy) is 1. The van der Waals surface area contributed by atoms with Crippen molar-refractivity contribution in [1.29, 1.82) is 0 Å². The van der Waals surface area contributed by atoms with E-state index in [9.17, 15) is 4.79 Å². The fourth-order valence-corrected chi connectivity index (χ4v) is 2.14. The highest BCUT2D eigenvalue weighted by molar-refractivity contribution is 5.72. The van der Waals surface area contributed by atoms with Gasteiger partial charge >= 0.3 is 5.97 Å². The number of aliphatic carboxylic acids is 1. The zero-order valence-corrected chi connectivity index (χ0v) is 12.2. The molecule has 110 valence electrons. The Morgan fingerprint density at radius 1 is 1.05 bits per heavy atom. The van der Waals surface area contributed by atoms with Crippen LogP contribution in [0.1, 0.15) is 26.2 Å². The predicted octanol–water partition coefficient (Wildman–Crippen LogP) is 4.38. The van der Waals surface area contributed by atoms with Gasteiger partial charge in [0.2, 0.25) is 0 Å². The minimum Gasteiger partial charge on any atom is -0.479 e. The SMILES string of the molecule is CCCC[C@@H](Oc1ccc(-c2ccccc2)cc1)C(=O)O. The summed E-state index contributed by atoms with van der Waals surface area (Å²) < 4.78 is 5.57. The largest absolute Gasteiger partial charge is 0.479 e. The quantitative estimate of drug-likeness (QED) is 0.821. The highest BCUT2D eigenvalue weighted by Gasteiger charge is 2.18. The fourth-order valence-electron chi connectivity index (χ4n) is 2.14. The molecule has 0 unspecified atom stereocenters. The number of benzene rings is 2. The van der Waals surface area contributed by atoms with E-state index in [-0.39, 0.29) is 0 Å². The summed E-state index contributed by atoms with van der Waals surface area (Å²) in [6.45, 7) is 2.04. The zero-order chi connectivity index (χ0) is 15.1. The summed E-state index contributed by atoms with van der Waals surface area (Å²) in [4.78, 5) is 11.2. The van der Waals surface area contributed by atoms with Crippen molar-refractivity contribution in [3.05, 3.63) is 54.6 Å². The number of carbonyl (C=O) groups is 1. The molecule has 21 heavy (non-hydrogen) atoms. The van der Waals surface area contributed by atoms with Gasteiger partial charge in [-0.15, -0.1) is 0 Å². The summed E-state index contributed by atoms with van der Waals surface area (Å²) in [5.41, 5.74) is 2.22. The Morgan fingerprint density at radius 2 is 1.67 bits per heavy atom. The van der Waals surface area contributed by atoms with Gasteiger partial charge in [-0.25, -0.2) is 4.79 Å². The Balaban J connectivity index is 2.06. The topological polar surface area (TPSA) is 46.5 Å². The molecule has 2 rings (SSSR count). The van der Waals surface area contributed by atoms with E-state index in [1.165, 1.54) is 0 Å². The van der Waals surface area contributed by atoms with Crippen molar-refractivity contribution < 1.29 is 14.6 Å². The van der Waals surface area contributed by atoms with E-state index < -0.39 is 12.1 Å². The maximum absolute atomic E-state index is 11.2. The summed E-state index contributed by atoms with van der Waals surface area (Å²) in [5.74, 6) is -0.311. The molecule has 0 bridgehead atoms. The van der Waals surface area contributed by atoms with Crippen LogP contribution in [-0.4, -0.2) is 17.2 Å². The average molecular weight is 284 g/mol. The summed E-state index contributed by atoms with van der Waals surface area (Å²) in [7, 11) is 0. The second-order valence-corrected chi connectivity index (χ2v) is 4.98. The predicted molar refractivity (Wildman–Crippen MR) is 83.5 cm³/mol. The van der Waals surface area contributed by atoms with Crippen molar-refractivity contribution in [1.82, 2.24) is 0 Å². The lowest BCUT2D eigenvalue weighted by atomic mass is 10.1. The highest BCUT2D eigenvalue weighted by atomic mass is 16.5. The molecule has 1 atom stereocenters. The van der Waals surface area contributed by atoms with Crippen molar-refractivity contribution in [3.63, 3.8) is 0 Å². The molecule has 0 fully saturated rings. The van der Waals surface area contributed by atoms with Gasteiger partial charge in [-0.05, 0) is 36.1 Å². The molecule has 0 spiro atoms. The Kier molecular flexibility index (Phi) is 5.38. The number of carboxylic acids is 1. The molecule has 0 saturated heterocycles. The second-order valence-electron chi connectivity index (χ2n) is 4.98. The van der Waals surface area contributed by atoms with Crippen LogP contribution in [0.4, 0.5) is 0 Å². The third-order valence-corrected chi connectivity index (χ3v) is 3.34. The van der Waals surface area contributed by atoms with Gasteiger partial charge < -0.3 is 9.84 Å². The maximum Gasteiger partial charge on any atom is 0.344 e.